The maximum atomic E-state index is 14.6. The largest absolute Gasteiger partial charge is 0.478 e. The van der Waals surface area contributed by atoms with Gasteiger partial charge >= 0.3 is 5.97 Å². The third kappa shape index (κ3) is 15.4. The minimum absolute atomic E-state index is 0.000453. The molecule has 0 aliphatic heterocycles. The van der Waals surface area contributed by atoms with E-state index in [1.165, 1.54) is 31.2 Å². The number of carboxylic acid groups (broad SMARTS) is 1. The van der Waals surface area contributed by atoms with Crippen molar-refractivity contribution in [3.05, 3.63) is 192 Å². The first-order chi connectivity index (χ1) is 32.9. The van der Waals surface area contributed by atoms with Gasteiger partial charge in [-0.3, -0.25) is 28.8 Å². The first-order valence-corrected chi connectivity index (χ1v) is 22.3. The molecule has 0 unspecified atom stereocenters. The molecule has 0 radical (unpaired) electrons. The standard InChI is InChI=1S/C54H54N6O8/c1-36(50(63)57-44-24-14-21-42(35-44)54(67)68)55-52(65)46(33-38-17-8-3-9-18-38)60-53(66)47(34-39-25-28-41(29-26-39)40-19-10-4-11-20-40)59-51(64)45(30-27-37-15-6-2-7-16-37)58-49(62)32-31-48(61)56-43-22-12-5-13-23-43/h2-26,28-29,35-36,45-47H,27,30-34H2,1H3,(H,55,65)(H,56,61)(H,57,63)(H,58,62)(H,59,64)(H,60,66)(H,67,68)/t36-,45+,46+,47-/m0/s1. The molecule has 0 aromatic heterocycles. The zero-order chi connectivity index (χ0) is 48.3. The van der Waals surface area contributed by atoms with Crippen LogP contribution in [0.15, 0.2) is 170 Å². The van der Waals surface area contributed by atoms with Crippen LogP contribution in [0.1, 0.15) is 53.2 Å². The predicted molar refractivity (Wildman–Crippen MR) is 260 cm³/mol. The van der Waals surface area contributed by atoms with Crippen molar-refractivity contribution >= 4 is 52.8 Å². The Labute approximate surface area is 395 Å². The zero-order valence-electron chi connectivity index (χ0n) is 37.5. The molecule has 6 aromatic rings. The Balaban J connectivity index is 1.22. The van der Waals surface area contributed by atoms with E-state index in [2.05, 4.69) is 31.9 Å². The zero-order valence-corrected chi connectivity index (χ0v) is 37.5. The summed E-state index contributed by atoms with van der Waals surface area (Å²) >= 11 is 0. The number of aromatic carboxylic acids is 1. The number of carbonyl (C=O) groups excluding carboxylic acids is 6. The van der Waals surface area contributed by atoms with Crippen LogP contribution in [0.2, 0.25) is 0 Å². The molecule has 0 bridgehead atoms. The van der Waals surface area contributed by atoms with Crippen molar-refractivity contribution in [2.75, 3.05) is 10.6 Å². The number of para-hydroxylation sites is 1. The number of aryl methyl sites for hydroxylation is 1. The van der Waals surface area contributed by atoms with Gasteiger partial charge in [0.1, 0.15) is 24.2 Å². The molecule has 7 N–H and O–H groups in total. The van der Waals surface area contributed by atoms with Crippen molar-refractivity contribution in [3.8, 4) is 11.1 Å². The second-order valence-electron chi connectivity index (χ2n) is 16.2. The van der Waals surface area contributed by atoms with Gasteiger partial charge in [-0.2, -0.15) is 0 Å². The van der Waals surface area contributed by atoms with Crippen LogP contribution in [0.4, 0.5) is 11.4 Å². The third-order valence-corrected chi connectivity index (χ3v) is 11.0. The van der Waals surface area contributed by atoms with Crippen LogP contribution in [-0.4, -0.2) is 70.7 Å². The molecule has 0 aliphatic carbocycles. The lowest BCUT2D eigenvalue weighted by atomic mass is 9.98. The Morgan fingerprint density at radius 2 is 0.926 bits per heavy atom. The predicted octanol–water partition coefficient (Wildman–Crippen LogP) is 6.49. The van der Waals surface area contributed by atoms with Crippen molar-refractivity contribution in [1.29, 1.82) is 0 Å². The van der Waals surface area contributed by atoms with Gasteiger partial charge in [0.2, 0.25) is 35.4 Å². The van der Waals surface area contributed by atoms with Crippen molar-refractivity contribution in [3.63, 3.8) is 0 Å². The molecule has 348 valence electrons. The Morgan fingerprint density at radius 1 is 0.441 bits per heavy atom. The number of nitrogens with one attached hydrogen (secondary N) is 6. The highest BCUT2D eigenvalue weighted by Crippen LogP contribution is 2.20. The second-order valence-corrected chi connectivity index (χ2v) is 16.2. The minimum atomic E-state index is -1.26. The van der Waals surface area contributed by atoms with Gasteiger partial charge in [0.05, 0.1) is 5.56 Å². The topological polar surface area (TPSA) is 212 Å². The Bertz CT molecular complexity index is 2650. The van der Waals surface area contributed by atoms with Gasteiger partial charge in [-0.1, -0.05) is 140 Å². The lowest BCUT2D eigenvalue weighted by Gasteiger charge is -2.26. The third-order valence-electron chi connectivity index (χ3n) is 11.0. The summed E-state index contributed by atoms with van der Waals surface area (Å²) in [5.74, 6) is -4.75. The average Bonchev–Trinajstić information content (AvgIpc) is 3.35. The minimum Gasteiger partial charge on any atom is -0.478 e. The van der Waals surface area contributed by atoms with Crippen LogP contribution in [0.5, 0.6) is 0 Å². The van der Waals surface area contributed by atoms with E-state index in [1.807, 2.05) is 97.1 Å². The summed E-state index contributed by atoms with van der Waals surface area (Å²) < 4.78 is 0. The molecule has 0 saturated carbocycles. The van der Waals surface area contributed by atoms with Gasteiger partial charge in [-0.25, -0.2) is 4.79 Å². The molecule has 0 fully saturated rings. The Morgan fingerprint density at radius 3 is 1.53 bits per heavy atom. The maximum absolute atomic E-state index is 14.6. The van der Waals surface area contributed by atoms with Crippen molar-refractivity contribution in [2.24, 2.45) is 0 Å². The van der Waals surface area contributed by atoms with Gasteiger partial charge < -0.3 is 37.0 Å². The van der Waals surface area contributed by atoms with E-state index >= 15 is 0 Å². The molecule has 0 saturated heterocycles. The maximum Gasteiger partial charge on any atom is 0.335 e. The van der Waals surface area contributed by atoms with E-state index in [0.717, 1.165) is 16.7 Å². The van der Waals surface area contributed by atoms with E-state index < -0.39 is 59.7 Å². The average molecular weight is 915 g/mol. The van der Waals surface area contributed by atoms with Crippen LogP contribution >= 0.6 is 0 Å². The number of carbonyl (C=O) groups is 7. The Kier molecular flexibility index (Phi) is 17.9. The quantitative estimate of drug-likeness (QED) is 0.0399. The SMILES string of the molecule is C[C@H](NC(=O)[C@@H](Cc1ccccc1)NC(=O)[C@H](Cc1ccc(-c2ccccc2)cc1)NC(=O)[C@@H](CCc1ccccc1)NC(=O)CCC(=O)Nc1ccccc1)C(=O)Nc1cccc(C(=O)O)c1. The number of benzene rings is 6. The first kappa shape index (κ1) is 49.1. The van der Waals surface area contributed by atoms with Crippen LogP contribution in [0.3, 0.4) is 0 Å². The molecule has 68 heavy (non-hydrogen) atoms. The summed E-state index contributed by atoms with van der Waals surface area (Å²) in [6.07, 6.45) is 0.250. The van der Waals surface area contributed by atoms with Crippen LogP contribution in [-0.2, 0) is 48.0 Å². The van der Waals surface area contributed by atoms with E-state index in [-0.39, 0.29) is 49.3 Å². The fourth-order valence-corrected chi connectivity index (χ4v) is 7.34. The van der Waals surface area contributed by atoms with Gasteiger partial charge in [0.25, 0.3) is 0 Å². The number of hydrogen-bond acceptors (Lipinski definition) is 7. The van der Waals surface area contributed by atoms with E-state index in [4.69, 9.17) is 0 Å². The second kappa shape index (κ2) is 24.8. The molecule has 14 nitrogen and oxygen atoms in total. The lowest BCUT2D eigenvalue weighted by molar-refractivity contribution is -0.134. The molecule has 6 aromatic carbocycles. The highest BCUT2D eigenvalue weighted by atomic mass is 16.4. The van der Waals surface area contributed by atoms with Crippen molar-refractivity contribution in [1.82, 2.24) is 21.3 Å². The number of hydrogen-bond donors (Lipinski definition) is 7. The molecule has 4 atom stereocenters. The first-order valence-electron chi connectivity index (χ1n) is 22.3. The Hall–Kier alpha value is -8.39. The van der Waals surface area contributed by atoms with E-state index in [1.54, 1.807) is 48.5 Å². The fourth-order valence-electron chi connectivity index (χ4n) is 7.34. The highest BCUT2D eigenvalue weighted by Gasteiger charge is 2.31. The summed E-state index contributed by atoms with van der Waals surface area (Å²) in [5.41, 5.74) is 5.01. The summed E-state index contributed by atoms with van der Waals surface area (Å²) in [6.45, 7) is 1.46. The van der Waals surface area contributed by atoms with Gasteiger partial charge in [-0.15, -0.1) is 0 Å². The number of rotatable bonds is 22. The fraction of sp³-hybridized carbons (Fsp3) is 0.204. The summed E-state index contributed by atoms with van der Waals surface area (Å²) in [7, 11) is 0. The van der Waals surface area contributed by atoms with Crippen molar-refractivity contribution in [2.45, 2.75) is 69.6 Å². The molecule has 6 rings (SSSR count). The molecule has 6 amide bonds. The van der Waals surface area contributed by atoms with E-state index in [9.17, 15) is 38.7 Å². The molecule has 0 heterocycles. The monoisotopic (exact) mass is 914 g/mol. The summed E-state index contributed by atoms with van der Waals surface area (Å²) in [4.78, 5) is 94.0. The normalized spacial score (nSPS) is 12.5. The molecule has 14 heteroatoms. The molecule has 0 aliphatic rings. The summed E-state index contributed by atoms with van der Waals surface area (Å²) in [6, 6.07) is 45.4. The van der Waals surface area contributed by atoms with Crippen LogP contribution in [0, 0.1) is 0 Å². The van der Waals surface area contributed by atoms with E-state index in [0.29, 0.717) is 23.2 Å². The smallest absolute Gasteiger partial charge is 0.335 e. The molecular formula is C54H54N6O8. The number of carboxylic acids is 1. The van der Waals surface area contributed by atoms with Gasteiger partial charge in [0, 0.05) is 37.1 Å². The summed E-state index contributed by atoms with van der Waals surface area (Å²) in [5, 5.41) is 26.0. The highest BCUT2D eigenvalue weighted by molar-refractivity contribution is 6.00. The van der Waals surface area contributed by atoms with Crippen LogP contribution in [0.25, 0.3) is 11.1 Å². The lowest BCUT2D eigenvalue weighted by Crippen LogP contribution is -2.58. The van der Waals surface area contributed by atoms with Crippen molar-refractivity contribution < 1.29 is 38.7 Å². The molecule has 0 spiro atoms. The molecular weight excluding hydrogens is 861 g/mol. The number of anilines is 2. The number of amides is 6. The van der Waals surface area contributed by atoms with Crippen LogP contribution < -0.4 is 31.9 Å². The van der Waals surface area contributed by atoms with Gasteiger partial charge in [-0.05, 0) is 77.9 Å². The van der Waals surface area contributed by atoms with Gasteiger partial charge in [0.15, 0.2) is 0 Å².